The van der Waals surface area contributed by atoms with E-state index in [-0.39, 0.29) is 10.8 Å². The van der Waals surface area contributed by atoms with Crippen LogP contribution in [0.3, 0.4) is 0 Å². The summed E-state index contributed by atoms with van der Waals surface area (Å²) in [6, 6.07) is 10.5. The fourth-order valence-electron chi connectivity index (χ4n) is 2.22. The average molecular weight is 311 g/mol. The highest BCUT2D eigenvalue weighted by atomic mass is 35.5. The molecule has 0 heterocycles. The normalized spacial score (nSPS) is 13.2. The summed E-state index contributed by atoms with van der Waals surface area (Å²) in [6.07, 6.45) is -0.367. The molecule has 0 aliphatic carbocycles. The van der Waals surface area contributed by atoms with E-state index in [1.54, 1.807) is 18.2 Å². The SMILES string of the molecule is CC(C)(c1ccc(F)cc1)C(O)Cc1ccc(F)c(Cl)c1. The highest BCUT2D eigenvalue weighted by molar-refractivity contribution is 6.30. The van der Waals surface area contributed by atoms with E-state index >= 15 is 0 Å². The molecule has 1 atom stereocenters. The van der Waals surface area contributed by atoms with Crippen molar-refractivity contribution in [1.29, 1.82) is 0 Å². The predicted octanol–water partition coefficient (Wildman–Crippen LogP) is 4.50. The number of benzene rings is 2. The summed E-state index contributed by atoms with van der Waals surface area (Å²) < 4.78 is 26.1. The Morgan fingerprint density at radius 3 is 2.29 bits per heavy atom. The quantitative estimate of drug-likeness (QED) is 0.881. The van der Waals surface area contributed by atoms with Gasteiger partial charge in [-0.25, -0.2) is 8.78 Å². The van der Waals surface area contributed by atoms with Crippen LogP contribution < -0.4 is 0 Å². The van der Waals surface area contributed by atoms with Gasteiger partial charge in [-0.1, -0.05) is 43.6 Å². The third kappa shape index (κ3) is 3.60. The lowest BCUT2D eigenvalue weighted by atomic mass is 9.77. The van der Waals surface area contributed by atoms with E-state index < -0.39 is 17.3 Å². The molecule has 0 aliphatic rings. The number of aliphatic hydroxyl groups excluding tert-OH is 1. The van der Waals surface area contributed by atoms with Crippen LogP contribution in [0.5, 0.6) is 0 Å². The third-order valence-corrected chi connectivity index (χ3v) is 4.12. The van der Waals surface area contributed by atoms with Crippen molar-refractivity contribution in [3.63, 3.8) is 0 Å². The van der Waals surface area contributed by atoms with Crippen molar-refractivity contribution in [3.05, 3.63) is 70.2 Å². The molecule has 0 fully saturated rings. The summed E-state index contributed by atoms with van der Waals surface area (Å²) in [7, 11) is 0. The van der Waals surface area contributed by atoms with Crippen LogP contribution in [0.4, 0.5) is 8.78 Å². The molecular formula is C17H17ClF2O. The van der Waals surface area contributed by atoms with E-state index in [1.165, 1.54) is 24.3 Å². The Bertz CT molecular complexity index is 623. The van der Waals surface area contributed by atoms with Crippen LogP contribution in [0, 0.1) is 11.6 Å². The topological polar surface area (TPSA) is 20.2 Å². The van der Waals surface area contributed by atoms with Crippen LogP contribution in [0.15, 0.2) is 42.5 Å². The Morgan fingerprint density at radius 2 is 1.71 bits per heavy atom. The van der Waals surface area contributed by atoms with Crippen molar-refractivity contribution >= 4 is 11.6 Å². The zero-order valence-electron chi connectivity index (χ0n) is 11.9. The van der Waals surface area contributed by atoms with E-state index in [0.29, 0.717) is 6.42 Å². The lowest BCUT2D eigenvalue weighted by Gasteiger charge is -2.31. The second kappa shape index (κ2) is 6.12. The van der Waals surface area contributed by atoms with Crippen molar-refractivity contribution in [1.82, 2.24) is 0 Å². The minimum atomic E-state index is -0.704. The van der Waals surface area contributed by atoms with Crippen molar-refractivity contribution in [3.8, 4) is 0 Å². The Morgan fingerprint density at radius 1 is 1.10 bits per heavy atom. The number of hydrogen-bond donors (Lipinski definition) is 1. The number of rotatable bonds is 4. The van der Waals surface area contributed by atoms with Gasteiger partial charge in [0, 0.05) is 5.41 Å². The lowest BCUT2D eigenvalue weighted by Crippen LogP contribution is -2.35. The highest BCUT2D eigenvalue weighted by Crippen LogP contribution is 2.30. The number of halogens is 3. The molecule has 2 aromatic carbocycles. The van der Waals surface area contributed by atoms with E-state index in [9.17, 15) is 13.9 Å². The van der Waals surface area contributed by atoms with Gasteiger partial charge in [-0.05, 0) is 41.8 Å². The molecule has 4 heteroatoms. The van der Waals surface area contributed by atoms with E-state index in [4.69, 9.17) is 11.6 Å². The van der Waals surface area contributed by atoms with Crippen LogP contribution in [0.2, 0.25) is 5.02 Å². The summed E-state index contributed by atoms with van der Waals surface area (Å²) in [4.78, 5) is 0. The van der Waals surface area contributed by atoms with Gasteiger partial charge in [-0.2, -0.15) is 0 Å². The van der Waals surface area contributed by atoms with E-state index in [1.807, 2.05) is 13.8 Å². The zero-order valence-corrected chi connectivity index (χ0v) is 12.7. The Labute approximate surface area is 128 Å². The van der Waals surface area contributed by atoms with Gasteiger partial charge in [0.2, 0.25) is 0 Å². The molecule has 0 aliphatic heterocycles. The first-order valence-corrected chi connectivity index (χ1v) is 7.06. The van der Waals surface area contributed by atoms with Crippen LogP contribution in [0.25, 0.3) is 0 Å². The first-order chi connectivity index (χ1) is 9.80. The average Bonchev–Trinajstić information content (AvgIpc) is 2.43. The molecule has 1 unspecified atom stereocenters. The predicted molar refractivity (Wildman–Crippen MR) is 80.5 cm³/mol. The second-order valence-electron chi connectivity index (χ2n) is 5.70. The maximum Gasteiger partial charge on any atom is 0.141 e. The molecule has 0 saturated heterocycles. The van der Waals surface area contributed by atoms with Gasteiger partial charge in [-0.15, -0.1) is 0 Å². The Kier molecular flexibility index (Phi) is 4.64. The van der Waals surface area contributed by atoms with Gasteiger partial charge in [0.05, 0.1) is 11.1 Å². The monoisotopic (exact) mass is 310 g/mol. The zero-order chi connectivity index (χ0) is 15.6. The Hall–Kier alpha value is -1.45. The van der Waals surface area contributed by atoms with E-state index in [2.05, 4.69) is 0 Å². The second-order valence-corrected chi connectivity index (χ2v) is 6.10. The lowest BCUT2D eigenvalue weighted by molar-refractivity contribution is 0.0999. The van der Waals surface area contributed by atoms with Gasteiger partial charge in [0.25, 0.3) is 0 Å². The van der Waals surface area contributed by atoms with Crippen molar-refractivity contribution in [2.45, 2.75) is 31.8 Å². The fourth-order valence-corrected chi connectivity index (χ4v) is 2.42. The minimum absolute atomic E-state index is 0.0410. The molecule has 2 rings (SSSR count). The summed E-state index contributed by atoms with van der Waals surface area (Å²) in [5, 5.41) is 10.5. The standard InChI is InChI=1S/C17H17ClF2O/c1-17(2,12-4-6-13(19)7-5-12)16(21)10-11-3-8-15(20)14(18)9-11/h3-9,16,21H,10H2,1-2H3. The number of aliphatic hydroxyl groups is 1. The van der Waals surface area contributed by atoms with Gasteiger partial charge in [-0.3, -0.25) is 0 Å². The van der Waals surface area contributed by atoms with E-state index in [0.717, 1.165) is 11.1 Å². The first kappa shape index (κ1) is 15.9. The van der Waals surface area contributed by atoms with Crippen molar-refractivity contribution in [2.75, 3.05) is 0 Å². The maximum atomic E-state index is 13.1. The largest absolute Gasteiger partial charge is 0.392 e. The molecule has 0 saturated carbocycles. The molecule has 0 bridgehead atoms. The summed E-state index contributed by atoms with van der Waals surface area (Å²) in [5.74, 6) is -0.790. The van der Waals surface area contributed by atoms with Crippen LogP contribution in [-0.4, -0.2) is 11.2 Å². The van der Waals surface area contributed by atoms with Gasteiger partial charge < -0.3 is 5.11 Å². The molecule has 0 spiro atoms. The Balaban J connectivity index is 2.19. The maximum absolute atomic E-state index is 13.1. The molecule has 2 aromatic rings. The molecule has 0 amide bonds. The number of hydrogen-bond acceptors (Lipinski definition) is 1. The van der Waals surface area contributed by atoms with Gasteiger partial charge in [0.15, 0.2) is 0 Å². The summed E-state index contributed by atoms with van der Waals surface area (Å²) in [5.41, 5.74) is 1.03. The molecule has 0 aromatic heterocycles. The van der Waals surface area contributed by atoms with Crippen molar-refractivity contribution in [2.24, 2.45) is 0 Å². The molecular weight excluding hydrogens is 294 g/mol. The molecule has 1 N–H and O–H groups in total. The first-order valence-electron chi connectivity index (χ1n) is 6.69. The highest BCUT2D eigenvalue weighted by Gasteiger charge is 2.30. The smallest absolute Gasteiger partial charge is 0.141 e. The third-order valence-electron chi connectivity index (χ3n) is 3.83. The molecule has 0 radical (unpaired) electrons. The van der Waals surface area contributed by atoms with Crippen molar-refractivity contribution < 1.29 is 13.9 Å². The van der Waals surface area contributed by atoms with Crippen LogP contribution in [0.1, 0.15) is 25.0 Å². The summed E-state index contributed by atoms with van der Waals surface area (Å²) in [6.45, 7) is 3.77. The summed E-state index contributed by atoms with van der Waals surface area (Å²) >= 11 is 5.75. The van der Waals surface area contributed by atoms with Gasteiger partial charge >= 0.3 is 0 Å². The molecule has 112 valence electrons. The van der Waals surface area contributed by atoms with Gasteiger partial charge in [0.1, 0.15) is 11.6 Å². The van der Waals surface area contributed by atoms with Crippen LogP contribution >= 0.6 is 11.6 Å². The minimum Gasteiger partial charge on any atom is -0.392 e. The fraction of sp³-hybridized carbons (Fsp3) is 0.294. The van der Waals surface area contributed by atoms with Crippen LogP contribution in [-0.2, 0) is 11.8 Å². The molecule has 1 nitrogen and oxygen atoms in total. The molecule has 21 heavy (non-hydrogen) atoms.